The molecule has 0 radical (unpaired) electrons. The van der Waals surface area contributed by atoms with Gasteiger partial charge in [-0.3, -0.25) is 9.80 Å². The number of nitrogens with zero attached hydrogens (tertiary/aromatic N) is 3. The van der Waals surface area contributed by atoms with Gasteiger partial charge < -0.3 is 14.4 Å². The van der Waals surface area contributed by atoms with Crippen molar-refractivity contribution in [2.24, 2.45) is 5.92 Å². The molecule has 0 amide bonds. The van der Waals surface area contributed by atoms with Crippen LogP contribution in [0.3, 0.4) is 0 Å². The first kappa shape index (κ1) is 20.1. The number of ether oxygens (including phenoxy) is 2. The fourth-order valence-electron chi connectivity index (χ4n) is 4.07. The van der Waals surface area contributed by atoms with Crippen LogP contribution < -0.4 is 0 Å². The number of fused-ring (bicyclic) bond motifs is 2. The van der Waals surface area contributed by atoms with Crippen LogP contribution >= 0.6 is 0 Å². The third kappa shape index (κ3) is 5.95. The molecule has 0 bridgehead atoms. The lowest BCUT2D eigenvalue weighted by Gasteiger charge is -2.42. The predicted molar refractivity (Wildman–Crippen MR) is 99.6 cm³/mol. The molecule has 4 heterocycles. The fourth-order valence-corrected chi connectivity index (χ4v) is 4.07. The molecule has 5 nitrogen and oxygen atoms in total. The highest BCUT2D eigenvalue weighted by molar-refractivity contribution is 4.83. The van der Waals surface area contributed by atoms with E-state index in [4.69, 9.17) is 9.47 Å². The van der Waals surface area contributed by atoms with E-state index in [1.54, 1.807) is 0 Å². The Morgan fingerprint density at radius 3 is 2.12 bits per heavy atom. The van der Waals surface area contributed by atoms with Gasteiger partial charge in [0, 0.05) is 44.8 Å². The van der Waals surface area contributed by atoms with Crippen molar-refractivity contribution in [2.45, 2.75) is 45.7 Å². The van der Waals surface area contributed by atoms with Crippen LogP contribution in [0.1, 0.15) is 33.6 Å². The average Bonchev–Trinajstić information content (AvgIpc) is 2.64. The summed E-state index contributed by atoms with van der Waals surface area (Å²) in [6.07, 6.45) is 2.73. The molecular weight excluding hydrogens is 302 g/mol. The highest BCUT2D eigenvalue weighted by Gasteiger charge is 2.28. The van der Waals surface area contributed by atoms with Gasteiger partial charge in [0.25, 0.3) is 0 Å². The maximum Gasteiger partial charge on any atom is 0.0634 e. The SMILES string of the molecule is CC.CC1CCN2CCOCC2C1.CN1CCN2CCOCC2C1. The molecule has 0 aromatic rings. The number of rotatable bonds is 0. The molecule has 4 saturated heterocycles. The molecule has 3 atom stereocenters. The van der Waals surface area contributed by atoms with Gasteiger partial charge >= 0.3 is 0 Å². The summed E-state index contributed by atoms with van der Waals surface area (Å²) >= 11 is 0. The minimum absolute atomic E-state index is 0.669. The Balaban J connectivity index is 0.000000158. The van der Waals surface area contributed by atoms with E-state index >= 15 is 0 Å². The van der Waals surface area contributed by atoms with E-state index in [2.05, 4.69) is 28.7 Å². The number of hydrogen-bond donors (Lipinski definition) is 0. The Kier molecular flexibility index (Phi) is 8.98. The second-order valence-corrected chi connectivity index (χ2v) is 7.42. The lowest BCUT2D eigenvalue weighted by Crippen LogP contribution is -2.56. The van der Waals surface area contributed by atoms with E-state index < -0.39 is 0 Å². The third-order valence-electron chi connectivity index (χ3n) is 5.57. The monoisotopic (exact) mass is 341 g/mol. The number of piperidine rings is 1. The van der Waals surface area contributed by atoms with Gasteiger partial charge in [-0.25, -0.2) is 0 Å². The molecular formula is C19H39N3O2. The summed E-state index contributed by atoms with van der Waals surface area (Å²) in [6.45, 7) is 17.4. The van der Waals surface area contributed by atoms with Gasteiger partial charge in [-0.2, -0.15) is 0 Å². The van der Waals surface area contributed by atoms with Gasteiger partial charge in [0.15, 0.2) is 0 Å². The average molecular weight is 342 g/mol. The summed E-state index contributed by atoms with van der Waals surface area (Å²) in [7, 11) is 2.19. The van der Waals surface area contributed by atoms with Gasteiger partial charge in [-0.05, 0) is 32.4 Å². The van der Waals surface area contributed by atoms with E-state index in [1.165, 1.54) is 39.0 Å². The fraction of sp³-hybridized carbons (Fsp3) is 1.00. The predicted octanol–water partition coefficient (Wildman–Crippen LogP) is 1.78. The maximum atomic E-state index is 5.45. The van der Waals surface area contributed by atoms with Gasteiger partial charge in [0.2, 0.25) is 0 Å². The molecule has 4 aliphatic heterocycles. The normalized spacial score (nSPS) is 34.8. The van der Waals surface area contributed by atoms with E-state index in [9.17, 15) is 0 Å². The third-order valence-corrected chi connectivity index (χ3v) is 5.57. The molecule has 4 rings (SSSR count). The number of hydrogen-bond acceptors (Lipinski definition) is 5. The van der Waals surface area contributed by atoms with Crippen molar-refractivity contribution in [3.05, 3.63) is 0 Å². The topological polar surface area (TPSA) is 28.2 Å². The van der Waals surface area contributed by atoms with Crippen LogP contribution in [0, 0.1) is 5.92 Å². The largest absolute Gasteiger partial charge is 0.378 e. The lowest BCUT2D eigenvalue weighted by atomic mass is 9.92. The first-order chi connectivity index (χ1) is 11.7. The summed E-state index contributed by atoms with van der Waals surface area (Å²) in [5.41, 5.74) is 0. The van der Waals surface area contributed by atoms with Crippen molar-refractivity contribution in [3.8, 4) is 0 Å². The Labute approximate surface area is 149 Å². The van der Waals surface area contributed by atoms with Crippen LogP contribution in [-0.2, 0) is 9.47 Å². The van der Waals surface area contributed by atoms with Crippen LogP contribution in [0.2, 0.25) is 0 Å². The van der Waals surface area contributed by atoms with Crippen molar-refractivity contribution in [1.29, 1.82) is 0 Å². The molecule has 0 saturated carbocycles. The molecule has 0 aromatic heterocycles. The quantitative estimate of drug-likeness (QED) is 0.670. The van der Waals surface area contributed by atoms with Crippen molar-refractivity contribution < 1.29 is 9.47 Å². The minimum Gasteiger partial charge on any atom is -0.378 e. The van der Waals surface area contributed by atoms with Gasteiger partial charge in [-0.1, -0.05) is 20.8 Å². The van der Waals surface area contributed by atoms with E-state index in [0.29, 0.717) is 6.04 Å². The van der Waals surface area contributed by atoms with Gasteiger partial charge in [0.1, 0.15) is 0 Å². The maximum absolute atomic E-state index is 5.45. The molecule has 4 fully saturated rings. The van der Waals surface area contributed by atoms with Crippen LogP contribution in [0.5, 0.6) is 0 Å². The summed E-state index contributed by atoms with van der Waals surface area (Å²) < 4.78 is 10.9. The Bertz CT molecular complexity index is 311. The minimum atomic E-state index is 0.669. The highest BCUT2D eigenvalue weighted by atomic mass is 16.5. The van der Waals surface area contributed by atoms with Crippen molar-refractivity contribution in [1.82, 2.24) is 14.7 Å². The van der Waals surface area contributed by atoms with Crippen LogP contribution in [0.25, 0.3) is 0 Å². The Morgan fingerprint density at radius 2 is 1.42 bits per heavy atom. The molecule has 3 unspecified atom stereocenters. The van der Waals surface area contributed by atoms with Crippen molar-refractivity contribution in [3.63, 3.8) is 0 Å². The number of piperazine rings is 1. The molecule has 4 aliphatic rings. The van der Waals surface area contributed by atoms with E-state index in [1.807, 2.05) is 13.8 Å². The molecule has 0 spiro atoms. The second-order valence-electron chi connectivity index (χ2n) is 7.42. The lowest BCUT2D eigenvalue weighted by molar-refractivity contribution is -0.0397. The highest BCUT2D eigenvalue weighted by Crippen LogP contribution is 2.24. The van der Waals surface area contributed by atoms with Crippen LogP contribution in [0.4, 0.5) is 0 Å². The molecule has 0 N–H and O–H groups in total. The first-order valence-corrected chi connectivity index (χ1v) is 10.0. The number of morpholine rings is 2. The zero-order valence-corrected chi connectivity index (χ0v) is 16.4. The summed E-state index contributed by atoms with van der Waals surface area (Å²) in [4.78, 5) is 7.52. The zero-order chi connectivity index (χ0) is 17.4. The molecule has 0 aliphatic carbocycles. The Morgan fingerprint density at radius 1 is 0.792 bits per heavy atom. The summed E-state index contributed by atoms with van der Waals surface area (Å²) in [5, 5.41) is 0. The van der Waals surface area contributed by atoms with Crippen LogP contribution in [0.15, 0.2) is 0 Å². The molecule has 5 heteroatoms. The zero-order valence-electron chi connectivity index (χ0n) is 16.4. The molecule has 0 aromatic carbocycles. The smallest absolute Gasteiger partial charge is 0.0634 e. The standard InChI is InChI=1S/C9H17NO.C8H16N2O.C2H6/c1-8-2-3-10-4-5-11-7-9(10)6-8;1-9-2-3-10-4-5-11-7-8(10)6-9;1-2/h8-9H,2-7H2,1H3;8H,2-7H2,1H3;1-2H3. The summed E-state index contributed by atoms with van der Waals surface area (Å²) in [6, 6.07) is 1.41. The van der Waals surface area contributed by atoms with E-state index in [-0.39, 0.29) is 0 Å². The molecule has 24 heavy (non-hydrogen) atoms. The van der Waals surface area contributed by atoms with E-state index in [0.717, 1.165) is 51.5 Å². The van der Waals surface area contributed by atoms with Gasteiger partial charge in [-0.15, -0.1) is 0 Å². The van der Waals surface area contributed by atoms with Gasteiger partial charge in [0.05, 0.1) is 26.4 Å². The number of likely N-dealkylation sites (N-methyl/N-ethyl adjacent to an activating group) is 1. The second kappa shape index (κ2) is 10.7. The summed E-state index contributed by atoms with van der Waals surface area (Å²) in [5.74, 6) is 0.915. The Hall–Kier alpha value is -0.200. The van der Waals surface area contributed by atoms with Crippen molar-refractivity contribution >= 4 is 0 Å². The van der Waals surface area contributed by atoms with Crippen LogP contribution in [-0.4, -0.2) is 99.5 Å². The molecule has 142 valence electrons. The first-order valence-electron chi connectivity index (χ1n) is 10.0. The van der Waals surface area contributed by atoms with Crippen molar-refractivity contribution in [2.75, 3.05) is 72.7 Å².